The summed E-state index contributed by atoms with van der Waals surface area (Å²) in [5.41, 5.74) is 5.84. The van der Waals surface area contributed by atoms with Crippen LogP contribution < -0.4 is 26.4 Å². The molecule has 2 fully saturated rings. The van der Waals surface area contributed by atoms with Crippen molar-refractivity contribution in [3.8, 4) is 5.82 Å². The fourth-order valence-corrected chi connectivity index (χ4v) is 4.20. The van der Waals surface area contributed by atoms with Gasteiger partial charge in [0, 0.05) is 36.4 Å². The fraction of sp³-hybridized carbons (Fsp3) is 0.435. The molecule has 2 saturated heterocycles. The van der Waals surface area contributed by atoms with Crippen LogP contribution in [0.25, 0.3) is 5.82 Å². The fourth-order valence-electron chi connectivity index (χ4n) is 4.20. The van der Waals surface area contributed by atoms with Crippen LogP contribution >= 0.6 is 0 Å². The lowest BCUT2D eigenvalue weighted by Crippen LogP contribution is -2.66. The number of carbonyl (C=O) groups is 1. The van der Waals surface area contributed by atoms with Gasteiger partial charge in [0.25, 0.3) is 5.91 Å². The molecule has 5 heterocycles. The van der Waals surface area contributed by atoms with Crippen molar-refractivity contribution in [2.24, 2.45) is 0 Å². The molecule has 0 bridgehead atoms. The SMILES string of the molecule is Cc1cc(NC2CC(C)NN2)nc(N2CC(F)(C(=O)N[C@@H](C)c3ccc(-n4cccn4)nc3)C2)n1. The smallest absolute Gasteiger partial charge is 0.261 e. The Hall–Kier alpha value is -3.64. The Kier molecular flexibility index (Phi) is 6.07. The zero-order valence-corrected chi connectivity index (χ0v) is 19.9. The molecule has 184 valence electrons. The van der Waals surface area contributed by atoms with E-state index in [9.17, 15) is 4.79 Å². The summed E-state index contributed by atoms with van der Waals surface area (Å²) < 4.78 is 17.0. The molecule has 0 aliphatic carbocycles. The standard InChI is InChI=1S/C23H29FN10O/c1-14-9-18(29-19-10-15(2)31-32-19)30-22(27-14)33-12-23(24,13-33)21(35)28-16(3)17-5-6-20(25-11-17)34-8-4-7-26-34/h4-9,11,15-16,19,31-32H,10,12-13H2,1-3H3,(H,28,35)(H,27,29,30)/t15?,16-,19?/m0/s1. The molecule has 12 heteroatoms. The zero-order valence-electron chi connectivity index (χ0n) is 19.9. The lowest BCUT2D eigenvalue weighted by atomic mass is 9.95. The van der Waals surface area contributed by atoms with Gasteiger partial charge >= 0.3 is 0 Å². The van der Waals surface area contributed by atoms with Crippen molar-refractivity contribution in [3.63, 3.8) is 0 Å². The number of amides is 1. The molecule has 5 rings (SSSR count). The molecule has 2 unspecified atom stereocenters. The summed E-state index contributed by atoms with van der Waals surface area (Å²) in [6, 6.07) is 7.26. The molecule has 0 aromatic carbocycles. The molecule has 4 N–H and O–H groups in total. The maximum Gasteiger partial charge on any atom is 0.261 e. The number of aromatic nitrogens is 5. The highest BCUT2D eigenvalue weighted by atomic mass is 19.1. The number of alkyl halides is 1. The highest BCUT2D eigenvalue weighted by molar-refractivity contribution is 5.89. The van der Waals surface area contributed by atoms with E-state index in [-0.39, 0.29) is 19.3 Å². The van der Waals surface area contributed by atoms with Gasteiger partial charge in [-0.25, -0.2) is 24.5 Å². The average Bonchev–Trinajstić information content (AvgIpc) is 3.48. The van der Waals surface area contributed by atoms with Gasteiger partial charge in [-0.3, -0.25) is 10.2 Å². The Bertz CT molecular complexity index is 1180. The second-order valence-corrected chi connectivity index (χ2v) is 9.23. The maximum absolute atomic E-state index is 15.4. The molecule has 0 saturated carbocycles. The second-order valence-electron chi connectivity index (χ2n) is 9.23. The topological polar surface area (TPSA) is 125 Å². The van der Waals surface area contributed by atoms with Gasteiger partial charge in [-0.1, -0.05) is 6.07 Å². The summed E-state index contributed by atoms with van der Waals surface area (Å²) in [5, 5.41) is 10.2. The monoisotopic (exact) mass is 480 g/mol. The van der Waals surface area contributed by atoms with E-state index in [0.29, 0.717) is 23.6 Å². The van der Waals surface area contributed by atoms with Crippen LogP contribution in [0.4, 0.5) is 16.2 Å². The number of carbonyl (C=O) groups excluding carboxylic acids is 1. The molecular weight excluding hydrogens is 451 g/mol. The lowest BCUT2D eigenvalue weighted by molar-refractivity contribution is -0.135. The highest BCUT2D eigenvalue weighted by Crippen LogP contribution is 2.31. The summed E-state index contributed by atoms with van der Waals surface area (Å²) in [4.78, 5) is 27.7. The third kappa shape index (κ3) is 4.93. The molecule has 3 atom stereocenters. The number of nitrogens with zero attached hydrogens (tertiary/aromatic N) is 6. The van der Waals surface area contributed by atoms with E-state index in [4.69, 9.17) is 0 Å². The van der Waals surface area contributed by atoms with E-state index in [1.807, 2.05) is 25.1 Å². The Morgan fingerprint density at radius 3 is 2.77 bits per heavy atom. The second kappa shape index (κ2) is 9.19. The van der Waals surface area contributed by atoms with Crippen molar-refractivity contribution in [3.05, 3.63) is 54.1 Å². The minimum absolute atomic E-state index is 0.0409. The van der Waals surface area contributed by atoms with Crippen molar-refractivity contribution in [1.82, 2.24) is 40.9 Å². The van der Waals surface area contributed by atoms with E-state index in [2.05, 4.69) is 48.5 Å². The van der Waals surface area contributed by atoms with Crippen LogP contribution in [0.1, 0.15) is 37.6 Å². The van der Waals surface area contributed by atoms with Crippen LogP contribution in [0.3, 0.4) is 0 Å². The van der Waals surface area contributed by atoms with Gasteiger partial charge in [0.2, 0.25) is 11.6 Å². The predicted molar refractivity (Wildman–Crippen MR) is 128 cm³/mol. The van der Waals surface area contributed by atoms with Crippen LogP contribution in [-0.4, -0.2) is 61.6 Å². The minimum atomic E-state index is -2.01. The van der Waals surface area contributed by atoms with E-state index < -0.39 is 17.6 Å². The molecule has 0 spiro atoms. The normalized spacial score (nSPS) is 21.9. The van der Waals surface area contributed by atoms with Crippen LogP contribution in [0.5, 0.6) is 0 Å². The third-order valence-electron chi connectivity index (χ3n) is 6.19. The van der Waals surface area contributed by atoms with Gasteiger partial charge in [-0.2, -0.15) is 10.1 Å². The van der Waals surface area contributed by atoms with E-state index in [0.717, 1.165) is 17.7 Å². The maximum atomic E-state index is 15.4. The summed E-state index contributed by atoms with van der Waals surface area (Å²) in [6.45, 7) is 5.54. The first-order chi connectivity index (χ1) is 16.8. The zero-order chi connectivity index (χ0) is 24.6. The van der Waals surface area contributed by atoms with Crippen LogP contribution in [0, 0.1) is 6.92 Å². The Morgan fingerprint density at radius 1 is 1.29 bits per heavy atom. The molecule has 1 amide bonds. The van der Waals surface area contributed by atoms with Crippen LogP contribution in [0.15, 0.2) is 42.9 Å². The third-order valence-corrected chi connectivity index (χ3v) is 6.19. The van der Waals surface area contributed by atoms with E-state index in [1.165, 1.54) is 0 Å². The van der Waals surface area contributed by atoms with Gasteiger partial charge in [-0.15, -0.1) is 0 Å². The number of anilines is 2. The largest absolute Gasteiger partial charge is 0.353 e. The number of hydrazine groups is 1. The van der Waals surface area contributed by atoms with Gasteiger partial charge in [0.15, 0.2) is 5.82 Å². The van der Waals surface area contributed by atoms with Crippen LogP contribution in [0.2, 0.25) is 0 Å². The molecule has 0 radical (unpaired) electrons. The highest BCUT2D eigenvalue weighted by Gasteiger charge is 2.51. The van der Waals surface area contributed by atoms with Gasteiger partial charge in [-0.05, 0) is 44.9 Å². The van der Waals surface area contributed by atoms with Crippen molar-refractivity contribution in [1.29, 1.82) is 0 Å². The number of hydrogen-bond acceptors (Lipinski definition) is 9. The molecular formula is C23H29FN10O. The van der Waals surface area contributed by atoms with Gasteiger partial charge in [0.05, 0.1) is 25.3 Å². The first-order valence-corrected chi connectivity index (χ1v) is 11.6. The quantitative estimate of drug-likeness (QED) is 0.397. The lowest BCUT2D eigenvalue weighted by Gasteiger charge is -2.43. The number of halogens is 1. The summed E-state index contributed by atoms with van der Waals surface area (Å²) in [5.74, 6) is 1.06. The first kappa shape index (κ1) is 23.1. The Labute approximate surface area is 202 Å². The van der Waals surface area contributed by atoms with Crippen molar-refractivity contribution in [2.75, 3.05) is 23.3 Å². The van der Waals surface area contributed by atoms with Crippen molar-refractivity contribution in [2.45, 2.75) is 51.1 Å². The van der Waals surface area contributed by atoms with E-state index in [1.54, 1.807) is 41.2 Å². The minimum Gasteiger partial charge on any atom is -0.353 e. The number of rotatable bonds is 7. The van der Waals surface area contributed by atoms with Crippen LogP contribution in [-0.2, 0) is 4.79 Å². The molecule has 2 aliphatic heterocycles. The molecule has 3 aromatic heterocycles. The van der Waals surface area contributed by atoms with Crippen molar-refractivity contribution >= 4 is 17.7 Å². The Morgan fingerprint density at radius 2 is 2.11 bits per heavy atom. The number of pyridine rings is 1. The Balaban J connectivity index is 1.18. The molecule has 2 aliphatic rings. The van der Waals surface area contributed by atoms with Gasteiger partial charge < -0.3 is 15.5 Å². The number of nitrogens with one attached hydrogen (secondary N) is 4. The summed E-state index contributed by atoms with van der Waals surface area (Å²) in [7, 11) is 0. The van der Waals surface area contributed by atoms with Gasteiger partial charge in [0.1, 0.15) is 5.82 Å². The first-order valence-electron chi connectivity index (χ1n) is 11.6. The van der Waals surface area contributed by atoms with E-state index >= 15 is 4.39 Å². The number of hydrogen-bond donors (Lipinski definition) is 4. The molecule has 35 heavy (non-hydrogen) atoms. The van der Waals surface area contributed by atoms with Crippen molar-refractivity contribution < 1.29 is 9.18 Å². The summed E-state index contributed by atoms with van der Waals surface area (Å²) in [6.07, 6.45) is 6.06. The predicted octanol–water partition coefficient (Wildman–Crippen LogP) is 1.40. The number of aryl methyl sites for hydroxylation is 1. The summed E-state index contributed by atoms with van der Waals surface area (Å²) >= 11 is 0. The molecule has 11 nitrogen and oxygen atoms in total. The average molecular weight is 481 g/mol. The molecule has 3 aromatic rings.